The SMILES string of the molecule is Cc1ccc(S(=O)(=O)N(CC(=O)N/N=C\c2cccc(C)c2)c2ccccc2F)cc1. The van der Waals surface area contributed by atoms with Crippen molar-refractivity contribution in [1.29, 1.82) is 0 Å². The lowest BCUT2D eigenvalue weighted by Crippen LogP contribution is -2.40. The number of sulfonamides is 1. The second-order valence-electron chi connectivity index (χ2n) is 6.98. The van der Waals surface area contributed by atoms with Crippen molar-refractivity contribution in [2.75, 3.05) is 10.8 Å². The van der Waals surface area contributed by atoms with E-state index in [4.69, 9.17) is 0 Å². The zero-order valence-corrected chi connectivity index (χ0v) is 17.9. The molecule has 31 heavy (non-hydrogen) atoms. The van der Waals surface area contributed by atoms with Gasteiger partial charge in [0.05, 0.1) is 16.8 Å². The number of para-hydroxylation sites is 1. The monoisotopic (exact) mass is 439 g/mol. The summed E-state index contributed by atoms with van der Waals surface area (Å²) in [6.45, 7) is 3.12. The van der Waals surface area contributed by atoms with Gasteiger partial charge >= 0.3 is 0 Å². The van der Waals surface area contributed by atoms with Crippen LogP contribution in [0.1, 0.15) is 16.7 Å². The van der Waals surface area contributed by atoms with Crippen LogP contribution in [0.5, 0.6) is 0 Å². The van der Waals surface area contributed by atoms with E-state index in [1.165, 1.54) is 36.5 Å². The van der Waals surface area contributed by atoms with Gasteiger partial charge in [0.1, 0.15) is 12.4 Å². The topological polar surface area (TPSA) is 78.8 Å². The number of amides is 1. The minimum Gasteiger partial charge on any atom is -0.271 e. The molecule has 1 N–H and O–H groups in total. The molecule has 3 aromatic carbocycles. The fourth-order valence-corrected chi connectivity index (χ4v) is 4.31. The van der Waals surface area contributed by atoms with E-state index in [2.05, 4.69) is 10.5 Å². The maximum atomic E-state index is 14.4. The van der Waals surface area contributed by atoms with Crippen LogP contribution in [0.2, 0.25) is 0 Å². The van der Waals surface area contributed by atoms with E-state index in [9.17, 15) is 17.6 Å². The lowest BCUT2D eigenvalue weighted by Gasteiger charge is -2.24. The van der Waals surface area contributed by atoms with Crippen LogP contribution in [-0.4, -0.2) is 27.1 Å². The first-order valence-electron chi connectivity index (χ1n) is 9.50. The average molecular weight is 440 g/mol. The molecule has 0 unspecified atom stereocenters. The van der Waals surface area contributed by atoms with Crippen LogP contribution in [0.15, 0.2) is 82.8 Å². The van der Waals surface area contributed by atoms with Crippen molar-refractivity contribution in [2.45, 2.75) is 18.7 Å². The lowest BCUT2D eigenvalue weighted by molar-refractivity contribution is -0.119. The predicted molar refractivity (Wildman–Crippen MR) is 119 cm³/mol. The number of nitrogens with one attached hydrogen (secondary N) is 1. The van der Waals surface area contributed by atoms with Crippen molar-refractivity contribution >= 4 is 27.8 Å². The first-order chi connectivity index (χ1) is 14.8. The van der Waals surface area contributed by atoms with E-state index in [0.717, 1.165) is 27.1 Å². The minimum absolute atomic E-state index is 0.0441. The van der Waals surface area contributed by atoms with Crippen LogP contribution in [-0.2, 0) is 14.8 Å². The molecule has 0 aliphatic rings. The molecule has 0 saturated carbocycles. The molecule has 8 heteroatoms. The molecule has 0 atom stereocenters. The quantitative estimate of drug-likeness (QED) is 0.449. The van der Waals surface area contributed by atoms with Gasteiger partial charge in [0.25, 0.3) is 15.9 Å². The highest BCUT2D eigenvalue weighted by Crippen LogP contribution is 2.26. The largest absolute Gasteiger partial charge is 0.271 e. The van der Waals surface area contributed by atoms with Crippen LogP contribution in [0.4, 0.5) is 10.1 Å². The Hall–Kier alpha value is -3.52. The second kappa shape index (κ2) is 9.53. The van der Waals surface area contributed by atoms with E-state index in [1.807, 2.05) is 38.1 Å². The summed E-state index contributed by atoms with van der Waals surface area (Å²) in [6, 6.07) is 19.0. The third kappa shape index (κ3) is 5.55. The van der Waals surface area contributed by atoms with Crippen LogP contribution < -0.4 is 9.73 Å². The van der Waals surface area contributed by atoms with Crippen molar-refractivity contribution in [3.63, 3.8) is 0 Å². The summed E-state index contributed by atoms with van der Waals surface area (Å²) in [5.41, 5.74) is 4.77. The number of hydrogen-bond donors (Lipinski definition) is 1. The summed E-state index contributed by atoms with van der Waals surface area (Å²) >= 11 is 0. The molecule has 0 aromatic heterocycles. The molecule has 6 nitrogen and oxygen atoms in total. The maximum Gasteiger partial charge on any atom is 0.264 e. The van der Waals surface area contributed by atoms with Crippen molar-refractivity contribution in [3.8, 4) is 0 Å². The highest BCUT2D eigenvalue weighted by molar-refractivity contribution is 7.92. The molecular weight excluding hydrogens is 417 g/mol. The van der Waals surface area contributed by atoms with Crippen LogP contribution in [0.25, 0.3) is 0 Å². The summed E-state index contributed by atoms with van der Waals surface area (Å²) in [7, 11) is -4.19. The van der Waals surface area contributed by atoms with Gasteiger partial charge in [0.15, 0.2) is 0 Å². The molecule has 0 heterocycles. The van der Waals surface area contributed by atoms with Crippen molar-refractivity contribution < 1.29 is 17.6 Å². The summed E-state index contributed by atoms with van der Waals surface area (Å²) in [5.74, 6) is -1.46. The van der Waals surface area contributed by atoms with Gasteiger partial charge in [0, 0.05) is 0 Å². The molecule has 0 aliphatic heterocycles. The normalized spacial score (nSPS) is 11.5. The minimum atomic E-state index is -4.19. The second-order valence-corrected chi connectivity index (χ2v) is 8.85. The summed E-state index contributed by atoms with van der Waals surface area (Å²) in [6.07, 6.45) is 1.45. The molecule has 0 radical (unpaired) electrons. The zero-order chi connectivity index (χ0) is 22.4. The number of aryl methyl sites for hydroxylation is 2. The first-order valence-corrected chi connectivity index (χ1v) is 10.9. The molecule has 0 aliphatic carbocycles. The van der Waals surface area contributed by atoms with E-state index in [-0.39, 0.29) is 10.6 Å². The molecule has 160 valence electrons. The molecular formula is C23H22FN3O3S. The Bertz CT molecular complexity index is 1210. The number of rotatable bonds is 7. The first kappa shape index (κ1) is 22.2. The summed E-state index contributed by atoms with van der Waals surface area (Å²) < 4.78 is 41.6. The van der Waals surface area contributed by atoms with Gasteiger partial charge in [-0.1, -0.05) is 59.7 Å². The number of benzene rings is 3. The van der Waals surface area contributed by atoms with Crippen LogP contribution in [0, 0.1) is 19.7 Å². The summed E-state index contributed by atoms with van der Waals surface area (Å²) in [4.78, 5) is 12.4. The van der Waals surface area contributed by atoms with Crippen molar-refractivity contribution in [3.05, 3.63) is 95.3 Å². The third-order valence-corrected chi connectivity index (χ3v) is 6.24. The highest BCUT2D eigenvalue weighted by Gasteiger charge is 2.29. The van der Waals surface area contributed by atoms with E-state index in [0.29, 0.717) is 0 Å². The molecule has 3 rings (SSSR count). The zero-order valence-electron chi connectivity index (χ0n) is 17.1. The van der Waals surface area contributed by atoms with E-state index >= 15 is 0 Å². The van der Waals surface area contributed by atoms with Gasteiger partial charge in [-0.2, -0.15) is 5.10 Å². The number of hydrogen-bond acceptors (Lipinski definition) is 4. The highest BCUT2D eigenvalue weighted by atomic mass is 32.2. The number of nitrogens with zero attached hydrogens (tertiary/aromatic N) is 2. The fraction of sp³-hybridized carbons (Fsp3) is 0.130. The van der Waals surface area contributed by atoms with Gasteiger partial charge in [-0.05, 0) is 43.7 Å². The van der Waals surface area contributed by atoms with Crippen molar-refractivity contribution in [2.24, 2.45) is 5.10 Å². The smallest absolute Gasteiger partial charge is 0.264 e. The Balaban J connectivity index is 1.86. The fourth-order valence-electron chi connectivity index (χ4n) is 2.89. The number of hydrazone groups is 1. The molecule has 0 fully saturated rings. The lowest BCUT2D eigenvalue weighted by atomic mass is 10.2. The van der Waals surface area contributed by atoms with Gasteiger partial charge in [0.2, 0.25) is 0 Å². The van der Waals surface area contributed by atoms with Crippen molar-refractivity contribution in [1.82, 2.24) is 5.43 Å². The number of carbonyl (C=O) groups excluding carboxylic acids is 1. The van der Waals surface area contributed by atoms with Gasteiger partial charge in [-0.15, -0.1) is 0 Å². The average Bonchev–Trinajstić information content (AvgIpc) is 2.73. The number of halogens is 1. The maximum absolute atomic E-state index is 14.4. The molecule has 0 bridgehead atoms. The predicted octanol–water partition coefficient (Wildman–Crippen LogP) is 3.79. The molecule has 0 saturated heterocycles. The van der Waals surface area contributed by atoms with Gasteiger partial charge < -0.3 is 0 Å². The standard InChI is InChI=1S/C23H22FN3O3S/c1-17-10-12-20(13-11-17)31(29,30)27(22-9-4-3-8-21(22)24)16-23(28)26-25-15-19-7-5-6-18(2)14-19/h3-15H,16H2,1-2H3,(H,26,28)/b25-15-. The van der Waals surface area contributed by atoms with Gasteiger partial charge in [-0.3, -0.25) is 9.10 Å². The number of carbonyl (C=O) groups is 1. The Morgan fingerprint density at radius 1 is 1.00 bits per heavy atom. The number of anilines is 1. The van der Waals surface area contributed by atoms with E-state index in [1.54, 1.807) is 12.1 Å². The molecule has 3 aromatic rings. The van der Waals surface area contributed by atoms with Crippen LogP contribution in [0.3, 0.4) is 0 Å². The van der Waals surface area contributed by atoms with Gasteiger partial charge in [-0.25, -0.2) is 18.2 Å². The third-order valence-electron chi connectivity index (χ3n) is 4.46. The Morgan fingerprint density at radius 3 is 2.39 bits per heavy atom. The Morgan fingerprint density at radius 2 is 1.71 bits per heavy atom. The van der Waals surface area contributed by atoms with E-state index < -0.39 is 28.3 Å². The Kier molecular flexibility index (Phi) is 6.81. The molecule has 0 spiro atoms. The van der Waals surface area contributed by atoms with Crippen LogP contribution >= 0.6 is 0 Å². The Labute approximate surface area is 181 Å². The molecule has 1 amide bonds. The summed E-state index contributed by atoms with van der Waals surface area (Å²) in [5, 5.41) is 3.88.